The minimum absolute atomic E-state index is 0.117. The summed E-state index contributed by atoms with van der Waals surface area (Å²) in [5, 5.41) is 18.8. The molecule has 9 nitrogen and oxygen atoms in total. The standard InChI is InChI=1S/C31H39N7O2/c1-30(2)31(3,40-18-15-34-30)21-39-29-35-26-20-37(27-10-6-8-22-7-4-5-9-24(22)27)16-12-25(26)28(36-29)38-17-14-33-23(19-38)11-13-32/h4-10,23,33-34H,11-12,14-21H2,1-3H3. The van der Waals surface area contributed by atoms with Crippen molar-refractivity contribution >= 4 is 22.3 Å². The molecule has 2 unspecified atom stereocenters. The van der Waals surface area contributed by atoms with E-state index in [4.69, 9.17) is 19.4 Å². The first-order chi connectivity index (χ1) is 19.4. The summed E-state index contributed by atoms with van der Waals surface area (Å²) >= 11 is 0. The second-order valence-corrected chi connectivity index (χ2v) is 11.8. The van der Waals surface area contributed by atoms with E-state index in [1.54, 1.807) is 0 Å². The van der Waals surface area contributed by atoms with Gasteiger partial charge in [0.15, 0.2) is 0 Å². The molecular weight excluding hydrogens is 502 g/mol. The van der Waals surface area contributed by atoms with Crippen molar-refractivity contribution in [3.8, 4) is 12.1 Å². The van der Waals surface area contributed by atoms with Gasteiger partial charge in [-0.2, -0.15) is 15.2 Å². The first kappa shape index (κ1) is 26.8. The van der Waals surface area contributed by atoms with Crippen LogP contribution in [0.15, 0.2) is 42.5 Å². The number of rotatable bonds is 6. The fourth-order valence-electron chi connectivity index (χ4n) is 6.10. The third-order valence-electron chi connectivity index (χ3n) is 8.91. The Hall–Kier alpha value is -3.45. The normalized spacial score (nSPS) is 24.4. The van der Waals surface area contributed by atoms with E-state index in [1.807, 2.05) is 0 Å². The van der Waals surface area contributed by atoms with Gasteiger partial charge in [0.2, 0.25) is 0 Å². The topological polar surface area (TPSA) is 98.6 Å². The van der Waals surface area contributed by atoms with Gasteiger partial charge in [-0.05, 0) is 38.6 Å². The smallest absolute Gasteiger partial charge is 0.318 e. The van der Waals surface area contributed by atoms with Gasteiger partial charge < -0.3 is 29.9 Å². The molecule has 6 rings (SSSR count). The molecule has 0 radical (unpaired) electrons. The maximum absolute atomic E-state index is 9.31. The molecule has 3 aliphatic rings. The van der Waals surface area contributed by atoms with Crippen LogP contribution in [0, 0.1) is 11.3 Å². The van der Waals surface area contributed by atoms with Gasteiger partial charge in [0, 0.05) is 60.9 Å². The number of nitrogens with one attached hydrogen (secondary N) is 2. The van der Waals surface area contributed by atoms with Crippen LogP contribution in [0.25, 0.3) is 10.8 Å². The van der Waals surface area contributed by atoms with E-state index >= 15 is 0 Å². The number of benzene rings is 2. The Labute approximate surface area is 236 Å². The van der Waals surface area contributed by atoms with Gasteiger partial charge in [0.25, 0.3) is 0 Å². The van der Waals surface area contributed by atoms with Crippen LogP contribution in [-0.4, -0.2) is 73.1 Å². The third kappa shape index (κ3) is 5.07. The van der Waals surface area contributed by atoms with Gasteiger partial charge in [-0.3, -0.25) is 0 Å². The Morgan fingerprint density at radius 3 is 2.77 bits per heavy atom. The molecule has 0 bridgehead atoms. The van der Waals surface area contributed by atoms with Crippen molar-refractivity contribution in [1.29, 1.82) is 5.26 Å². The number of piperazine rings is 1. The van der Waals surface area contributed by atoms with Crippen LogP contribution in [0.4, 0.5) is 11.5 Å². The second-order valence-electron chi connectivity index (χ2n) is 11.8. The number of hydrogen-bond acceptors (Lipinski definition) is 9. The summed E-state index contributed by atoms with van der Waals surface area (Å²) in [4.78, 5) is 14.7. The number of nitrogens with zero attached hydrogens (tertiary/aromatic N) is 5. The summed E-state index contributed by atoms with van der Waals surface area (Å²) < 4.78 is 12.6. The average molecular weight is 542 g/mol. The Morgan fingerprint density at radius 2 is 1.93 bits per heavy atom. The minimum atomic E-state index is -0.521. The lowest BCUT2D eigenvalue weighted by Crippen LogP contribution is -2.66. The Balaban J connectivity index is 1.33. The predicted molar refractivity (Wildman–Crippen MR) is 157 cm³/mol. The molecule has 2 N–H and O–H groups in total. The maximum Gasteiger partial charge on any atom is 0.318 e. The summed E-state index contributed by atoms with van der Waals surface area (Å²) in [6, 6.07) is 17.8. The largest absolute Gasteiger partial charge is 0.460 e. The highest BCUT2D eigenvalue weighted by Crippen LogP contribution is 2.35. The van der Waals surface area contributed by atoms with Crippen molar-refractivity contribution in [2.45, 2.75) is 57.3 Å². The monoisotopic (exact) mass is 541 g/mol. The number of fused-ring (bicyclic) bond motifs is 2. The number of aromatic nitrogens is 2. The molecule has 0 aliphatic carbocycles. The Bertz CT molecular complexity index is 1420. The molecule has 40 heavy (non-hydrogen) atoms. The minimum Gasteiger partial charge on any atom is -0.460 e. The first-order valence-electron chi connectivity index (χ1n) is 14.4. The Morgan fingerprint density at radius 1 is 1.07 bits per heavy atom. The van der Waals surface area contributed by atoms with Crippen LogP contribution in [0.1, 0.15) is 38.4 Å². The lowest BCUT2D eigenvalue weighted by atomic mass is 9.83. The van der Waals surface area contributed by atoms with Crippen LogP contribution in [0.2, 0.25) is 0 Å². The van der Waals surface area contributed by atoms with Gasteiger partial charge in [0.1, 0.15) is 18.0 Å². The summed E-state index contributed by atoms with van der Waals surface area (Å²) in [5.74, 6) is 0.939. The zero-order chi connectivity index (χ0) is 27.7. The highest BCUT2D eigenvalue weighted by atomic mass is 16.6. The molecule has 0 amide bonds. The molecular formula is C31H39N7O2. The third-order valence-corrected chi connectivity index (χ3v) is 8.91. The van der Waals surface area contributed by atoms with Gasteiger partial charge in [-0.1, -0.05) is 36.4 Å². The SMILES string of the molecule is CC1(C)NCCOC1(C)COc1nc2c(c(N3CCNC(CC#N)C3)n1)CCN(c1cccc3ccccc13)C2. The summed E-state index contributed by atoms with van der Waals surface area (Å²) in [7, 11) is 0. The summed E-state index contributed by atoms with van der Waals surface area (Å²) in [6.45, 7) is 12.1. The van der Waals surface area contributed by atoms with Crippen LogP contribution < -0.4 is 25.2 Å². The van der Waals surface area contributed by atoms with E-state index in [-0.39, 0.29) is 11.6 Å². The molecule has 4 heterocycles. The van der Waals surface area contributed by atoms with Gasteiger partial charge >= 0.3 is 6.01 Å². The molecule has 2 atom stereocenters. The maximum atomic E-state index is 9.31. The van der Waals surface area contributed by atoms with E-state index in [9.17, 15) is 5.26 Å². The summed E-state index contributed by atoms with van der Waals surface area (Å²) in [5.41, 5.74) is 2.63. The van der Waals surface area contributed by atoms with Crippen molar-refractivity contribution in [3.63, 3.8) is 0 Å². The van der Waals surface area contributed by atoms with E-state index in [1.165, 1.54) is 22.0 Å². The van der Waals surface area contributed by atoms with Crippen molar-refractivity contribution in [2.75, 3.05) is 55.7 Å². The van der Waals surface area contributed by atoms with Crippen LogP contribution >= 0.6 is 0 Å². The van der Waals surface area contributed by atoms with Crippen molar-refractivity contribution in [3.05, 3.63) is 53.7 Å². The van der Waals surface area contributed by atoms with Crippen LogP contribution in [0.5, 0.6) is 6.01 Å². The van der Waals surface area contributed by atoms with E-state index in [0.717, 1.165) is 50.7 Å². The Kier molecular flexibility index (Phi) is 7.26. The quantitative estimate of drug-likeness (QED) is 0.486. The van der Waals surface area contributed by atoms with E-state index in [0.29, 0.717) is 32.2 Å². The average Bonchev–Trinajstić information content (AvgIpc) is 2.97. The molecule has 9 heteroatoms. The van der Waals surface area contributed by atoms with Crippen molar-refractivity contribution in [1.82, 2.24) is 20.6 Å². The fraction of sp³-hybridized carbons (Fsp3) is 0.516. The second kappa shape index (κ2) is 10.8. The van der Waals surface area contributed by atoms with Crippen LogP contribution in [-0.2, 0) is 17.7 Å². The highest BCUT2D eigenvalue weighted by Gasteiger charge is 2.45. The molecule has 2 saturated heterocycles. The van der Waals surface area contributed by atoms with Gasteiger partial charge in [-0.15, -0.1) is 0 Å². The molecule has 1 aromatic heterocycles. The number of nitriles is 1. The molecule has 2 aromatic carbocycles. The van der Waals surface area contributed by atoms with Crippen LogP contribution in [0.3, 0.4) is 0 Å². The number of anilines is 2. The van der Waals surface area contributed by atoms with E-state index < -0.39 is 5.60 Å². The van der Waals surface area contributed by atoms with Crippen molar-refractivity contribution in [2.24, 2.45) is 0 Å². The summed E-state index contributed by atoms with van der Waals surface area (Å²) in [6.07, 6.45) is 1.32. The molecule has 2 fully saturated rings. The number of morpholine rings is 1. The molecule has 3 aromatic rings. The molecule has 0 spiro atoms. The predicted octanol–water partition coefficient (Wildman–Crippen LogP) is 3.42. The van der Waals surface area contributed by atoms with Gasteiger partial charge in [-0.25, -0.2) is 0 Å². The number of hydrogen-bond donors (Lipinski definition) is 2. The molecule has 0 saturated carbocycles. The zero-order valence-corrected chi connectivity index (χ0v) is 23.7. The van der Waals surface area contributed by atoms with Crippen molar-refractivity contribution < 1.29 is 9.47 Å². The first-order valence-corrected chi connectivity index (χ1v) is 14.4. The van der Waals surface area contributed by atoms with E-state index in [2.05, 4.69) is 89.7 Å². The molecule has 3 aliphatic heterocycles. The lowest BCUT2D eigenvalue weighted by molar-refractivity contribution is -0.136. The van der Waals surface area contributed by atoms with Gasteiger partial charge in [0.05, 0.1) is 31.3 Å². The fourth-order valence-corrected chi connectivity index (χ4v) is 6.10. The lowest BCUT2D eigenvalue weighted by Gasteiger charge is -2.47. The highest BCUT2D eigenvalue weighted by molar-refractivity contribution is 5.94. The molecule has 210 valence electrons. The number of ether oxygens (including phenoxy) is 2. The zero-order valence-electron chi connectivity index (χ0n) is 23.7.